The van der Waals surface area contributed by atoms with Gasteiger partial charge in [-0.3, -0.25) is 0 Å². The van der Waals surface area contributed by atoms with Crippen LogP contribution in [0.25, 0.3) is 27.5 Å². The standard InChI is InChI=1S/C78H51B2N5S2/c1-7-26-52(27-8-1)81(53-28-9-2-10-29-53)58-46-70-76-71(47-58)85(68-44-25-39-61-60-38-19-22-42-66(60)84(78(61)68)57-36-17-6-18-37-57)69-51-73-65(50-64(69)79(76)62-40-20-23-43-67(62)83(70)56-34-15-5-16-35-56)80-63-41-21-24-45-72(63)86-74-48-59(49-75(87-73)77(74)80)82(54-30-11-3-12-31-54)55-32-13-4-14-33-55/h1-51H. The Morgan fingerprint density at radius 3 is 1.37 bits per heavy atom. The van der Waals surface area contributed by atoms with Gasteiger partial charge in [-0.25, -0.2) is 0 Å². The molecule has 406 valence electrons. The molecule has 0 unspecified atom stereocenters. The van der Waals surface area contributed by atoms with Gasteiger partial charge in [0, 0.05) is 92.9 Å². The summed E-state index contributed by atoms with van der Waals surface area (Å²) in [6.45, 7) is -0.139. The Labute approximate surface area is 515 Å². The number of rotatable bonds is 9. The molecule has 14 aromatic rings. The van der Waals surface area contributed by atoms with E-state index in [2.05, 4.69) is 334 Å². The van der Waals surface area contributed by atoms with Crippen LogP contribution in [0.5, 0.6) is 0 Å². The van der Waals surface area contributed by atoms with Crippen molar-refractivity contribution in [1.29, 1.82) is 0 Å². The van der Waals surface area contributed by atoms with E-state index in [4.69, 9.17) is 0 Å². The molecular weight excluding hydrogens is 1090 g/mol. The third-order valence-corrected chi connectivity index (χ3v) is 20.2. The Morgan fingerprint density at radius 1 is 0.264 bits per heavy atom. The van der Waals surface area contributed by atoms with Gasteiger partial charge < -0.3 is 24.2 Å². The third-order valence-electron chi connectivity index (χ3n) is 18.0. The second-order valence-electron chi connectivity index (χ2n) is 22.7. The van der Waals surface area contributed by atoms with Gasteiger partial charge in [0.15, 0.2) is 0 Å². The molecule has 0 N–H and O–H groups in total. The van der Waals surface area contributed by atoms with E-state index in [1.165, 1.54) is 80.0 Å². The molecule has 0 fully saturated rings. The van der Waals surface area contributed by atoms with Gasteiger partial charge in [0.25, 0.3) is 6.71 Å². The quantitative estimate of drug-likeness (QED) is 0.133. The van der Waals surface area contributed by atoms with Crippen LogP contribution in [0.2, 0.25) is 0 Å². The highest BCUT2D eigenvalue weighted by molar-refractivity contribution is 8.01. The maximum absolute atomic E-state index is 2.66. The van der Waals surface area contributed by atoms with Gasteiger partial charge in [-0.15, -0.1) is 0 Å². The van der Waals surface area contributed by atoms with Crippen molar-refractivity contribution in [2.24, 2.45) is 0 Å². The first-order chi connectivity index (χ1) is 43.2. The summed E-state index contributed by atoms with van der Waals surface area (Å²) >= 11 is 3.84. The molecule has 0 aliphatic carbocycles. The predicted octanol–water partition coefficient (Wildman–Crippen LogP) is 17.3. The average Bonchev–Trinajstić information content (AvgIpc) is 1.31. The van der Waals surface area contributed by atoms with Gasteiger partial charge in [-0.2, -0.15) is 0 Å². The highest BCUT2D eigenvalue weighted by Crippen LogP contribution is 2.52. The van der Waals surface area contributed by atoms with Crippen molar-refractivity contribution >= 4 is 160 Å². The molecule has 18 rings (SSSR count). The first-order valence-corrected chi connectivity index (χ1v) is 31.4. The second-order valence-corrected chi connectivity index (χ2v) is 24.9. The van der Waals surface area contributed by atoms with E-state index in [1.807, 2.05) is 23.5 Å². The summed E-state index contributed by atoms with van der Waals surface area (Å²) in [5.74, 6) is 0. The molecule has 4 aliphatic heterocycles. The van der Waals surface area contributed by atoms with E-state index in [0.717, 1.165) is 68.1 Å². The van der Waals surface area contributed by atoms with Crippen LogP contribution in [0.3, 0.4) is 0 Å². The molecular formula is C78H51B2N5S2. The smallest absolute Gasteiger partial charge is 0.252 e. The van der Waals surface area contributed by atoms with Crippen molar-refractivity contribution < 1.29 is 0 Å². The number of hydrogen-bond donors (Lipinski definition) is 0. The zero-order valence-corrected chi connectivity index (χ0v) is 48.8. The number of fused-ring (bicyclic) bond motifs is 11. The van der Waals surface area contributed by atoms with Crippen LogP contribution in [0.4, 0.5) is 68.2 Å². The molecule has 0 spiro atoms. The van der Waals surface area contributed by atoms with E-state index >= 15 is 0 Å². The number of hydrogen-bond acceptors (Lipinski definition) is 6. The second kappa shape index (κ2) is 20.2. The van der Waals surface area contributed by atoms with E-state index in [0.29, 0.717) is 0 Å². The first kappa shape index (κ1) is 50.1. The van der Waals surface area contributed by atoms with Crippen LogP contribution in [0.15, 0.2) is 329 Å². The molecule has 87 heavy (non-hydrogen) atoms. The minimum absolute atomic E-state index is 0.00403. The van der Waals surface area contributed by atoms with E-state index in [-0.39, 0.29) is 13.4 Å². The lowest BCUT2D eigenvalue weighted by molar-refractivity contribution is 1.16. The zero-order valence-electron chi connectivity index (χ0n) is 47.2. The zero-order chi connectivity index (χ0) is 57.1. The van der Waals surface area contributed by atoms with E-state index < -0.39 is 0 Å². The summed E-state index contributed by atoms with van der Waals surface area (Å²) in [5, 5.41) is 2.41. The summed E-state index contributed by atoms with van der Waals surface area (Å²) in [6.07, 6.45) is 0. The predicted molar refractivity (Wildman–Crippen MR) is 370 cm³/mol. The summed E-state index contributed by atoms with van der Waals surface area (Å²) in [6, 6.07) is 115. The van der Waals surface area contributed by atoms with Crippen molar-refractivity contribution in [2.75, 3.05) is 19.6 Å². The monoisotopic (exact) mass is 1140 g/mol. The number of aromatic nitrogens is 1. The number of benzene rings is 13. The highest BCUT2D eigenvalue weighted by atomic mass is 32.2. The molecule has 0 bridgehead atoms. The lowest BCUT2D eigenvalue weighted by atomic mass is 9.31. The molecule has 5 nitrogen and oxygen atoms in total. The molecule has 4 aliphatic rings. The fraction of sp³-hybridized carbons (Fsp3) is 0. The lowest BCUT2D eigenvalue weighted by Gasteiger charge is -2.46. The van der Waals surface area contributed by atoms with Gasteiger partial charge in [-0.1, -0.05) is 216 Å². The maximum atomic E-state index is 2.66. The van der Waals surface area contributed by atoms with E-state index in [9.17, 15) is 0 Å². The molecule has 13 aromatic carbocycles. The normalized spacial score (nSPS) is 13.1. The fourth-order valence-corrected chi connectivity index (χ4v) is 16.9. The SMILES string of the molecule is c1ccc(N(c2ccccc2)c2cc3c4c(c2)Sc2cc5c(cc2B4c2ccccc2S3)B2c3ccccc3N(c3ccccc3)c3cc(N(c4ccccc4)c4ccccc4)cc(c32)N5c2cccc3c4ccccc4n(-c4ccccc4)c23)cc1. The number of para-hydroxylation sites is 9. The fourth-order valence-electron chi connectivity index (χ4n) is 14.5. The van der Waals surface area contributed by atoms with Gasteiger partial charge >= 0.3 is 0 Å². The summed E-state index contributed by atoms with van der Waals surface area (Å²) < 4.78 is 2.50. The number of nitrogens with zero attached hydrogens (tertiary/aromatic N) is 5. The van der Waals surface area contributed by atoms with Crippen LogP contribution in [0, 0.1) is 0 Å². The minimum atomic E-state index is -0.135. The van der Waals surface area contributed by atoms with Crippen LogP contribution < -0.4 is 52.4 Å². The summed E-state index contributed by atoms with van der Waals surface area (Å²) in [5.41, 5.74) is 24.8. The van der Waals surface area contributed by atoms with Gasteiger partial charge in [-0.05, 0) is 149 Å². The molecule has 0 atom stereocenters. The Bertz CT molecular complexity index is 4950. The summed E-state index contributed by atoms with van der Waals surface area (Å²) in [4.78, 5) is 15.2. The van der Waals surface area contributed by atoms with Crippen molar-refractivity contribution in [2.45, 2.75) is 19.6 Å². The highest BCUT2D eigenvalue weighted by Gasteiger charge is 2.47. The Balaban J connectivity index is 0.962. The summed E-state index contributed by atoms with van der Waals surface area (Å²) in [7, 11) is 0. The van der Waals surface area contributed by atoms with Crippen LogP contribution >= 0.6 is 23.5 Å². The van der Waals surface area contributed by atoms with Gasteiger partial charge in [0.2, 0.25) is 6.71 Å². The van der Waals surface area contributed by atoms with Crippen LogP contribution in [0.1, 0.15) is 0 Å². The molecule has 1 aromatic heterocycles. The average molecular weight is 1140 g/mol. The molecule has 0 amide bonds. The lowest BCUT2D eigenvalue weighted by Crippen LogP contribution is -2.64. The Morgan fingerprint density at radius 2 is 0.736 bits per heavy atom. The van der Waals surface area contributed by atoms with Crippen molar-refractivity contribution in [3.63, 3.8) is 0 Å². The van der Waals surface area contributed by atoms with Crippen molar-refractivity contribution in [1.82, 2.24) is 4.57 Å². The minimum Gasteiger partial charge on any atom is -0.311 e. The molecule has 0 saturated carbocycles. The topological polar surface area (TPSA) is 17.9 Å². The van der Waals surface area contributed by atoms with E-state index in [1.54, 1.807) is 0 Å². The molecule has 0 saturated heterocycles. The molecule has 5 heterocycles. The largest absolute Gasteiger partial charge is 0.311 e. The van der Waals surface area contributed by atoms with Gasteiger partial charge in [0.05, 0.1) is 22.4 Å². The van der Waals surface area contributed by atoms with Crippen molar-refractivity contribution in [3.8, 4) is 5.69 Å². The number of anilines is 12. The maximum Gasteiger partial charge on any atom is 0.252 e. The third kappa shape index (κ3) is 7.86. The Kier molecular flexibility index (Phi) is 11.6. The molecule has 0 radical (unpaired) electrons. The Hall–Kier alpha value is -10.3. The van der Waals surface area contributed by atoms with Gasteiger partial charge in [0.1, 0.15) is 0 Å². The van der Waals surface area contributed by atoms with Crippen molar-refractivity contribution in [3.05, 3.63) is 309 Å². The van der Waals surface area contributed by atoms with Crippen LogP contribution in [-0.2, 0) is 0 Å². The first-order valence-electron chi connectivity index (χ1n) is 29.8. The molecule has 9 heteroatoms. The van der Waals surface area contributed by atoms with Crippen LogP contribution in [-0.4, -0.2) is 18.0 Å².